The average molecular weight is 201 g/mol. The van der Waals surface area contributed by atoms with E-state index < -0.39 is 0 Å². The fraction of sp³-hybridized carbons (Fsp3) is 0.889. The van der Waals surface area contributed by atoms with Gasteiger partial charge in [0, 0.05) is 26.2 Å². The molecule has 1 aliphatic heterocycles. The molecule has 0 radical (unpaired) electrons. The van der Waals surface area contributed by atoms with Gasteiger partial charge in [-0.15, -0.1) is 0 Å². The monoisotopic (exact) mass is 201 g/mol. The maximum Gasteiger partial charge on any atom is 0.314 e. The second-order valence-electron chi connectivity index (χ2n) is 3.92. The third-order valence-electron chi connectivity index (χ3n) is 2.65. The minimum absolute atomic E-state index is 0.183. The summed E-state index contributed by atoms with van der Waals surface area (Å²) in [6, 6.07) is -0.322. The van der Waals surface area contributed by atoms with Crippen LogP contribution in [-0.4, -0.2) is 60.8 Å². The van der Waals surface area contributed by atoms with E-state index in [0.29, 0.717) is 12.5 Å². The Balaban J connectivity index is 2.25. The van der Waals surface area contributed by atoms with E-state index in [0.717, 1.165) is 26.1 Å². The average Bonchev–Trinajstić information content (AvgIpc) is 2.53. The normalized spacial score (nSPS) is 21.9. The number of primary amides is 1. The molecular weight excluding hydrogens is 182 g/mol. The van der Waals surface area contributed by atoms with Crippen LogP contribution in [0, 0.1) is 5.92 Å². The lowest BCUT2D eigenvalue weighted by Gasteiger charge is -2.19. The molecule has 1 aliphatic rings. The lowest BCUT2D eigenvalue weighted by atomic mass is 10.1. The number of aliphatic hydroxyl groups is 1. The molecule has 0 aliphatic carbocycles. The lowest BCUT2D eigenvalue weighted by molar-refractivity contribution is 0.197. The minimum Gasteiger partial charge on any atom is -0.395 e. The predicted octanol–water partition coefficient (Wildman–Crippen LogP) is -0.689. The topological polar surface area (TPSA) is 69.8 Å². The van der Waals surface area contributed by atoms with E-state index in [2.05, 4.69) is 4.90 Å². The van der Waals surface area contributed by atoms with Crippen molar-refractivity contribution in [2.45, 2.75) is 6.42 Å². The van der Waals surface area contributed by atoms with E-state index in [1.807, 2.05) is 7.05 Å². The third kappa shape index (κ3) is 3.16. The summed E-state index contributed by atoms with van der Waals surface area (Å²) >= 11 is 0. The number of urea groups is 1. The standard InChI is InChI=1S/C9H19N3O2/c1-11(4-5-13)6-8-2-3-12(7-8)9(10)14/h8,13H,2-7H2,1H3,(H2,10,14). The molecule has 5 heteroatoms. The van der Waals surface area contributed by atoms with Crippen molar-refractivity contribution < 1.29 is 9.90 Å². The molecule has 1 atom stereocenters. The van der Waals surface area contributed by atoms with Gasteiger partial charge in [0.25, 0.3) is 0 Å². The quantitative estimate of drug-likeness (QED) is 0.632. The minimum atomic E-state index is -0.322. The highest BCUT2D eigenvalue weighted by Gasteiger charge is 2.25. The molecule has 3 N–H and O–H groups in total. The van der Waals surface area contributed by atoms with Gasteiger partial charge in [-0.3, -0.25) is 0 Å². The summed E-state index contributed by atoms with van der Waals surface area (Å²) in [6.45, 7) is 3.32. The van der Waals surface area contributed by atoms with E-state index in [4.69, 9.17) is 10.8 Å². The van der Waals surface area contributed by atoms with Gasteiger partial charge in [-0.2, -0.15) is 0 Å². The smallest absolute Gasteiger partial charge is 0.314 e. The van der Waals surface area contributed by atoms with Crippen LogP contribution in [-0.2, 0) is 0 Å². The van der Waals surface area contributed by atoms with Gasteiger partial charge in [0.05, 0.1) is 6.61 Å². The molecule has 5 nitrogen and oxygen atoms in total. The molecule has 1 heterocycles. The number of rotatable bonds is 4. The molecule has 1 saturated heterocycles. The summed E-state index contributed by atoms with van der Waals surface area (Å²) in [6.07, 6.45) is 1.01. The number of carbonyl (C=O) groups is 1. The number of likely N-dealkylation sites (N-methyl/N-ethyl adjacent to an activating group) is 1. The van der Waals surface area contributed by atoms with Crippen molar-refractivity contribution in [2.75, 3.05) is 39.8 Å². The summed E-state index contributed by atoms with van der Waals surface area (Å²) in [5.41, 5.74) is 5.18. The lowest BCUT2D eigenvalue weighted by Crippen LogP contribution is -2.35. The van der Waals surface area contributed by atoms with E-state index in [-0.39, 0.29) is 12.6 Å². The summed E-state index contributed by atoms with van der Waals surface area (Å²) in [7, 11) is 1.98. The largest absolute Gasteiger partial charge is 0.395 e. The van der Waals surface area contributed by atoms with Crippen molar-refractivity contribution in [2.24, 2.45) is 11.7 Å². The van der Waals surface area contributed by atoms with Crippen LogP contribution < -0.4 is 5.73 Å². The van der Waals surface area contributed by atoms with Crippen LogP contribution in [0.25, 0.3) is 0 Å². The zero-order chi connectivity index (χ0) is 10.6. The first-order chi connectivity index (χ1) is 6.63. The Labute approximate surface area is 84.5 Å². The fourth-order valence-electron chi connectivity index (χ4n) is 1.88. The number of likely N-dealkylation sites (tertiary alicyclic amines) is 1. The maximum atomic E-state index is 10.9. The van der Waals surface area contributed by atoms with Crippen LogP contribution in [0.2, 0.25) is 0 Å². The Morgan fingerprint density at radius 1 is 1.71 bits per heavy atom. The number of aliphatic hydroxyl groups excluding tert-OH is 1. The SMILES string of the molecule is CN(CCO)CC1CCN(C(N)=O)C1. The molecule has 0 spiro atoms. The highest BCUT2D eigenvalue weighted by molar-refractivity contribution is 5.72. The van der Waals surface area contributed by atoms with Crippen molar-refractivity contribution in [3.63, 3.8) is 0 Å². The van der Waals surface area contributed by atoms with Crippen molar-refractivity contribution in [3.05, 3.63) is 0 Å². The van der Waals surface area contributed by atoms with E-state index >= 15 is 0 Å². The zero-order valence-corrected chi connectivity index (χ0v) is 8.65. The number of hydrogen-bond acceptors (Lipinski definition) is 3. The first-order valence-corrected chi connectivity index (χ1v) is 4.97. The second-order valence-corrected chi connectivity index (χ2v) is 3.92. The Kier molecular flexibility index (Phi) is 4.16. The number of nitrogens with zero attached hydrogens (tertiary/aromatic N) is 2. The molecular formula is C9H19N3O2. The van der Waals surface area contributed by atoms with Gasteiger partial charge in [0.2, 0.25) is 0 Å². The van der Waals surface area contributed by atoms with E-state index in [1.54, 1.807) is 4.90 Å². The molecule has 82 valence electrons. The van der Waals surface area contributed by atoms with Gasteiger partial charge in [-0.25, -0.2) is 4.79 Å². The van der Waals surface area contributed by atoms with Gasteiger partial charge in [0.15, 0.2) is 0 Å². The van der Waals surface area contributed by atoms with Crippen molar-refractivity contribution in [3.8, 4) is 0 Å². The van der Waals surface area contributed by atoms with Gasteiger partial charge >= 0.3 is 6.03 Å². The van der Waals surface area contributed by atoms with Gasteiger partial charge in [0.1, 0.15) is 0 Å². The molecule has 1 unspecified atom stereocenters. The van der Waals surface area contributed by atoms with Crippen molar-refractivity contribution >= 4 is 6.03 Å². The molecule has 2 amide bonds. The van der Waals surface area contributed by atoms with Crippen LogP contribution >= 0.6 is 0 Å². The van der Waals surface area contributed by atoms with Gasteiger partial charge in [-0.05, 0) is 19.4 Å². The molecule has 14 heavy (non-hydrogen) atoms. The van der Waals surface area contributed by atoms with Crippen LogP contribution in [0.15, 0.2) is 0 Å². The summed E-state index contributed by atoms with van der Waals surface area (Å²) in [5.74, 6) is 0.499. The van der Waals surface area contributed by atoms with Gasteiger partial charge in [-0.1, -0.05) is 0 Å². The van der Waals surface area contributed by atoms with Crippen LogP contribution in [0.1, 0.15) is 6.42 Å². The van der Waals surface area contributed by atoms with Crippen LogP contribution in [0.5, 0.6) is 0 Å². The highest BCUT2D eigenvalue weighted by atomic mass is 16.3. The third-order valence-corrected chi connectivity index (χ3v) is 2.65. The van der Waals surface area contributed by atoms with Crippen molar-refractivity contribution in [1.29, 1.82) is 0 Å². The fourth-order valence-corrected chi connectivity index (χ4v) is 1.88. The number of amides is 2. The number of nitrogens with two attached hydrogens (primary N) is 1. The van der Waals surface area contributed by atoms with Crippen LogP contribution in [0.3, 0.4) is 0 Å². The van der Waals surface area contributed by atoms with Crippen molar-refractivity contribution in [1.82, 2.24) is 9.80 Å². The molecule has 0 bridgehead atoms. The summed E-state index contributed by atoms with van der Waals surface area (Å²) in [4.78, 5) is 14.6. The number of hydrogen-bond donors (Lipinski definition) is 2. The summed E-state index contributed by atoms with van der Waals surface area (Å²) < 4.78 is 0. The second kappa shape index (κ2) is 5.17. The van der Waals surface area contributed by atoms with Gasteiger partial charge < -0.3 is 20.6 Å². The van der Waals surface area contributed by atoms with E-state index in [1.165, 1.54) is 0 Å². The predicted molar refractivity (Wildman–Crippen MR) is 53.8 cm³/mol. The molecule has 0 aromatic heterocycles. The molecule has 0 aromatic rings. The number of carbonyl (C=O) groups excluding carboxylic acids is 1. The zero-order valence-electron chi connectivity index (χ0n) is 8.65. The molecule has 1 rings (SSSR count). The van der Waals surface area contributed by atoms with Crippen LogP contribution in [0.4, 0.5) is 4.79 Å². The highest BCUT2D eigenvalue weighted by Crippen LogP contribution is 2.16. The Morgan fingerprint density at radius 2 is 2.43 bits per heavy atom. The molecule has 0 saturated carbocycles. The Bertz CT molecular complexity index is 198. The first-order valence-electron chi connectivity index (χ1n) is 4.97. The van der Waals surface area contributed by atoms with E-state index in [9.17, 15) is 4.79 Å². The summed E-state index contributed by atoms with van der Waals surface area (Å²) in [5, 5.41) is 8.72. The Morgan fingerprint density at radius 3 is 2.93 bits per heavy atom. The first kappa shape index (κ1) is 11.3. The molecule has 0 aromatic carbocycles. The molecule has 1 fully saturated rings. The maximum absolute atomic E-state index is 10.9. The Hall–Kier alpha value is -0.810.